The minimum atomic E-state index is -0.203. The number of hydrogen-bond acceptors (Lipinski definition) is 3. The lowest BCUT2D eigenvalue weighted by Gasteiger charge is -2.16. The number of nitrogens with one attached hydrogen (secondary N) is 2. The fraction of sp³-hybridized carbons (Fsp3) is 0.533. The Morgan fingerprint density at radius 1 is 1.30 bits per heavy atom. The number of amides is 2. The minimum Gasteiger partial charge on any atom is -0.396 e. The van der Waals surface area contributed by atoms with Gasteiger partial charge in [-0.1, -0.05) is 31.2 Å². The second-order valence-electron chi connectivity index (χ2n) is 4.69. The molecule has 1 aromatic rings. The molecule has 1 unspecified atom stereocenters. The van der Waals surface area contributed by atoms with Crippen LogP contribution in [-0.4, -0.2) is 30.9 Å². The van der Waals surface area contributed by atoms with Crippen LogP contribution in [0.1, 0.15) is 30.9 Å². The first kappa shape index (κ1) is 16.5. The fourth-order valence-electron chi connectivity index (χ4n) is 1.87. The van der Waals surface area contributed by atoms with E-state index in [1.807, 2.05) is 31.2 Å². The monoisotopic (exact) mass is 280 g/mol. The van der Waals surface area contributed by atoms with E-state index in [1.165, 1.54) is 0 Å². The van der Waals surface area contributed by atoms with E-state index in [9.17, 15) is 4.79 Å². The Morgan fingerprint density at radius 3 is 2.50 bits per heavy atom. The molecule has 0 saturated carbocycles. The molecule has 1 rings (SSSR count). The zero-order chi connectivity index (χ0) is 14.8. The van der Waals surface area contributed by atoms with Crippen molar-refractivity contribution in [3.05, 3.63) is 35.4 Å². The van der Waals surface area contributed by atoms with Gasteiger partial charge in [-0.15, -0.1) is 0 Å². The van der Waals surface area contributed by atoms with Crippen LogP contribution >= 0.6 is 0 Å². The van der Waals surface area contributed by atoms with Crippen LogP contribution in [0.15, 0.2) is 24.3 Å². The average Bonchev–Trinajstić information content (AvgIpc) is 2.46. The maximum Gasteiger partial charge on any atom is 0.315 e. The van der Waals surface area contributed by atoms with Crippen molar-refractivity contribution in [3.8, 4) is 0 Å². The van der Waals surface area contributed by atoms with E-state index < -0.39 is 0 Å². The van der Waals surface area contributed by atoms with Crippen molar-refractivity contribution in [3.63, 3.8) is 0 Å². The number of methoxy groups -OCH3 is 1. The molecule has 0 spiro atoms. The number of carbonyl (C=O) groups excluding carboxylic acids is 1. The number of carbonyl (C=O) groups is 1. The summed E-state index contributed by atoms with van der Waals surface area (Å²) >= 11 is 0. The van der Waals surface area contributed by atoms with E-state index in [0.717, 1.165) is 17.5 Å². The number of benzene rings is 1. The van der Waals surface area contributed by atoms with Gasteiger partial charge in [0.1, 0.15) is 0 Å². The molecule has 1 atom stereocenters. The Morgan fingerprint density at radius 2 is 1.95 bits per heavy atom. The van der Waals surface area contributed by atoms with Gasteiger partial charge in [0.15, 0.2) is 0 Å². The SMILES string of the molecule is CCC(CCO)NC(=O)NCc1ccc(COC)cc1. The Balaban J connectivity index is 2.36. The standard InChI is InChI=1S/C15H24N2O3/c1-3-14(8-9-18)17-15(19)16-10-12-4-6-13(7-5-12)11-20-2/h4-7,14,18H,3,8-11H2,1-2H3,(H2,16,17,19). The van der Waals surface area contributed by atoms with Gasteiger partial charge in [-0.05, 0) is 24.0 Å². The highest BCUT2D eigenvalue weighted by Crippen LogP contribution is 2.05. The van der Waals surface area contributed by atoms with E-state index >= 15 is 0 Å². The molecule has 0 aromatic heterocycles. The van der Waals surface area contributed by atoms with Gasteiger partial charge in [-0.25, -0.2) is 4.79 Å². The second-order valence-corrected chi connectivity index (χ2v) is 4.69. The Bertz CT molecular complexity index is 393. The van der Waals surface area contributed by atoms with Crippen molar-refractivity contribution in [2.75, 3.05) is 13.7 Å². The topological polar surface area (TPSA) is 70.6 Å². The molecular formula is C15H24N2O3. The molecule has 0 bridgehead atoms. The summed E-state index contributed by atoms with van der Waals surface area (Å²) < 4.78 is 5.04. The largest absolute Gasteiger partial charge is 0.396 e. The van der Waals surface area contributed by atoms with Crippen molar-refractivity contribution in [2.24, 2.45) is 0 Å². The number of aliphatic hydroxyl groups is 1. The lowest BCUT2D eigenvalue weighted by molar-refractivity contribution is 0.185. The van der Waals surface area contributed by atoms with Crippen LogP contribution in [0.3, 0.4) is 0 Å². The summed E-state index contributed by atoms with van der Waals surface area (Å²) in [5, 5.41) is 14.5. The third-order valence-electron chi connectivity index (χ3n) is 3.09. The lowest BCUT2D eigenvalue weighted by atomic mass is 10.1. The van der Waals surface area contributed by atoms with E-state index in [0.29, 0.717) is 19.6 Å². The Hall–Kier alpha value is -1.59. The Labute approximate surface area is 120 Å². The van der Waals surface area contributed by atoms with Crippen molar-refractivity contribution in [2.45, 2.75) is 39.0 Å². The van der Waals surface area contributed by atoms with Crippen molar-refractivity contribution < 1.29 is 14.6 Å². The first-order valence-electron chi connectivity index (χ1n) is 6.91. The quantitative estimate of drug-likeness (QED) is 0.680. The van der Waals surface area contributed by atoms with Gasteiger partial charge in [0.25, 0.3) is 0 Å². The van der Waals surface area contributed by atoms with Crippen LogP contribution in [0.4, 0.5) is 4.79 Å². The van der Waals surface area contributed by atoms with Gasteiger partial charge >= 0.3 is 6.03 Å². The predicted molar refractivity (Wildman–Crippen MR) is 78.3 cm³/mol. The van der Waals surface area contributed by atoms with Crippen LogP contribution < -0.4 is 10.6 Å². The summed E-state index contributed by atoms with van der Waals surface area (Å²) in [6.07, 6.45) is 1.38. The van der Waals surface area contributed by atoms with Crippen LogP contribution in [0.2, 0.25) is 0 Å². The third kappa shape index (κ3) is 6.04. The summed E-state index contributed by atoms with van der Waals surface area (Å²) in [6.45, 7) is 3.14. The number of aliphatic hydroxyl groups excluding tert-OH is 1. The van der Waals surface area contributed by atoms with Gasteiger partial charge in [-0.3, -0.25) is 0 Å². The van der Waals surface area contributed by atoms with Gasteiger partial charge < -0.3 is 20.5 Å². The molecule has 112 valence electrons. The molecule has 0 radical (unpaired) electrons. The highest BCUT2D eigenvalue weighted by Gasteiger charge is 2.09. The van der Waals surface area contributed by atoms with Crippen LogP contribution in [0, 0.1) is 0 Å². The van der Waals surface area contributed by atoms with Crippen LogP contribution in [0.25, 0.3) is 0 Å². The predicted octanol–water partition coefficient (Wildman–Crippen LogP) is 1.79. The summed E-state index contributed by atoms with van der Waals surface area (Å²) in [6, 6.07) is 7.73. The zero-order valence-electron chi connectivity index (χ0n) is 12.2. The zero-order valence-corrected chi connectivity index (χ0v) is 12.2. The summed E-state index contributed by atoms with van der Waals surface area (Å²) in [4.78, 5) is 11.7. The molecule has 0 fully saturated rings. The number of rotatable bonds is 8. The van der Waals surface area contributed by atoms with Crippen LogP contribution in [0.5, 0.6) is 0 Å². The van der Waals surface area contributed by atoms with Gasteiger partial charge in [0, 0.05) is 26.3 Å². The first-order chi connectivity index (χ1) is 9.69. The van der Waals surface area contributed by atoms with Crippen LogP contribution in [-0.2, 0) is 17.9 Å². The van der Waals surface area contributed by atoms with E-state index in [-0.39, 0.29) is 18.7 Å². The molecule has 1 aromatic carbocycles. The molecule has 0 aliphatic carbocycles. The number of urea groups is 1. The lowest BCUT2D eigenvalue weighted by Crippen LogP contribution is -2.41. The molecule has 0 saturated heterocycles. The van der Waals surface area contributed by atoms with E-state index in [1.54, 1.807) is 7.11 Å². The molecule has 2 amide bonds. The molecule has 5 nitrogen and oxygen atoms in total. The normalized spacial score (nSPS) is 11.9. The second kappa shape index (κ2) is 9.34. The fourth-order valence-corrected chi connectivity index (χ4v) is 1.87. The Kier molecular flexibility index (Phi) is 7.69. The van der Waals surface area contributed by atoms with Gasteiger partial charge in [0.2, 0.25) is 0 Å². The number of ether oxygens (including phenoxy) is 1. The summed E-state index contributed by atoms with van der Waals surface area (Å²) in [7, 11) is 1.66. The van der Waals surface area contributed by atoms with E-state index in [4.69, 9.17) is 9.84 Å². The highest BCUT2D eigenvalue weighted by molar-refractivity contribution is 5.74. The smallest absolute Gasteiger partial charge is 0.315 e. The molecule has 3 N–H and O–H groups in total. The molecule has 5 heteroatoms. The van der Waals surface area contributed by atoms with Crippen molar-refractivity contribution >= 4 is 6.03 Å². The summed E-state index contributed by atoms with van der Waals surface area (Å²) in [5.74, 6) is 0. The van der Waals surface area contributed by atoms with Gasteiger partial charge in [-0.2, -0.15) is 0 Å². The third-order valence-corrected chi connectivity index (χ3v) is 3.09. The number of hydrogen-bond donors (Lipinski definition) is 3. The van der Waals surface area contributed by atoms with Crippen molar-refractivity contribution in [1.82, 2.24) is 10.6 Å². The molecular weight excluding hydrogens is 256 g/mol. The molecule has 20 heavy (non-hydrogen) atoms. The van der Waals surface area contributed by atoms with Crippen molar-refractivity contribution in [1.29, 1.82) is 0 Å². The average molecular weight is 280 g/mol. The van der Waals surface area contributed by atoms with Gasteiger partial charge in [0.05, 0.1) is 6.61 Å². The molecule has 0 aliphatic heterocycles. The highest BCUT2D eigenvalue weighted by atomic mass is 16.5. The maximum atomic E-state index is 11.7. The molecule has 0 heterocycles. The maximum absolute atomic E-state index is 11.7. The van der Waals surface area contributed by atoms with E-state index in [2.05, 4.69) is 10.6 Å². The first-order valence-corrected chi connectivity index (χ1v) is 6.91. The summed E-state index contributed by atoms with van der Waals surface area (Å²) in [5.41, 5.74) is 2.14. The minimum absolute atomic E-state index is 0.0177. The molecule has 0 aliphatic rings.